The quantitative estimate of drug-likeness (QED) is 0.708. The van der Waals surface area contributed by atoms with Gasteiger partial charge >= 0.3 is 6.09 Å². The molecule has 0 bridgehead atoms. The Morgan fingerprint density at radius 3 is 2.86 bits per heavy atom. The summed E-state index contributed by atoms with van der Waals surface area (Å²) in [6.45, 7) is 3.49. The average molecular weight is 392 g/mol. The minimum absolute atomic E-state index is 0.0137. The van der Waals surface area contributed by atoms with Crippen LogP contribution in [0.1, 0.15) is 18.4 Å². The standard InChI is InChI=1S/C22H24N4O3/c1-14-9-10-16-18(12-14)24-20(17-7-3-4-8-19(17)27)25-21(16)26-11-5-6-15(13-26)23-22(28)29-2/h3-4,7-10,12,15,27H,5-6,11,13H2,1-2H3,(H,23,28)/t15-/m0/s1. The Kier molecular flexibility index (Phi) is 5.20. The van der Waals surface area contributed by atoms with Crippen LogP contribution in [0.25, 0.3) is 22.3 Å². The van der Waals surface area contributed by atoms with E-state index in [0.29, 0.717) is 17.9 Å². The van der Waals surface area contributed by atoms with E-state index in [4.69, 9.17) is 14.7 Å². The second kappa shape index (κ2) is 7.95. The highest BCUT2D eigenvalue weighted by Gasteiger charge is 2.25. The van der Waals surface area contributed by atoms with Crippen LogP contribution in [0.2, 0.25) is 0 Å². The molecule has 1 saturated heterocycles. The van der Waals surface area contributed by atoms with Gasteiger partial charge in [0.1, 0.15) is 11.6 Å². The molecule has 0 spiro atoms. The molecule has 2 N–H and O–H groups in total. The van der Waals surface area contributed by atoms with Crippen molar-refractivity contribution in [2.24, 2.45) is 0 Å². The number of aromatic nitrogens is 2. The van der Waals surface area contributed by atoms with E-state index < -0.39 is 6.09 Å². The Morgan fingerprint density at radius 1 is 1.24 bits per heavy atom. The van der Waals surface area contributed by atoms with E-state index in [2.05, 4.69) is 10.2 Å². The van der Waals surface area contributed by atoms with Crippen molar-refractivity contribution in [3.05, 3.63) is 48.0 Å². The number of rotatable bonds is 3. The number of para-hydroxylation sites is 1. The number of benzene rings is 2. The number of nitrogens with one attached hydrogen (secondary N) is 1. The van der Waals surface area contributed by atoms with E-state index in [0.717, 1.165) is 41.7 Å². The van der Waals surface area contributed by atoms with Gasteiger partial charge in [-0.2, -0.15) is 0 Å². The molecular weight excluding hydrogens is 368 g/mol. The number of phenolic OH excluding ortho intramolecular Hbond substituents is 1. The molecule has 2 heterocycles. The molecule has 1 aliphatic rings. The summed E-state index contributed by atoms with van der Waals surface area (Å²) in [5.41, 5.74) is 2.53. The molecular formula is C22H24N4O3. The number of phenols is 1. The molecule has 1 fully saturated rings. The first kappa shape index (κ1) is 19.0. The first-order valence-electron chi connectivity index (χ1n) is 9.71. The maximum Gasteiger partial charge on any atom is 0.407 e. The summed E-state index contributed by atoms with van der Waals surface area (Å²) in [4.78, 5) is 23.4. The van der Waals surface area contributed by atoms with Crippen LogP contribution in [0.4, 0.5) is 10.6 Å². The van der Waals surface area contributed by atoms with Gasteiger partial charge in [-0.3, -0.25) is 0 Å². The number of alkyl carbamates (subject to hydrolysis) is 1. The molecule has 1 aliphatic heterocycles. The molecule has 150 valence electrons. The molecule has 1 amide bonds. The fourth-order valence-electron chi connectivity index (χ4n) is 3.76. The molecule has 0 saturated carbocycles. The topological polar surface area (TPSA) is 87.6 Å². The molecule has 29 heavy (non-hydrogen) atoms. The summed E-state index contributed by atoms with van der Waals surface area (Å²) >= 11 is 0. The molecule has 0 radical (unpaired) electrons. The molecule has 3 aromatic rings. The number of carbonyl (C=O) groups is 1. The van der Waals surface area contributed by atoms with Crippen LogP contribution >= 0.6 is 0 Å². The molecule has 0 unspecified atom stereocenters. The van der Waals surface area contributed by atoms with Crippen molar-refractivity contribution in [1.82, 2.24) is 15.3 Å². The van der Waals surface area contributed by atoms with E-state index in [1.807, 2.05) is 37.3 Å². The van der Waals surface area contributed by atoms with E-state index >= 15 is 0 Å². The second-order valence-electron chi connectivity index (χ2n) is 7.33. The Balaban J connectivity index is 1.78. The highest BCUT2D eigenvalue weighted by molar-refractivity contribution is 5.92. The third kappa shape index (κ3) is 3.94. The monoisotopic (exact) mass is 392 g/mol. The highest BCUT2D eigenvalue weighted by Crippen LogP contribution is 2.32. The van der Waals surface area contributed by atoms with Gasteiger partial charge in [-0.15, -0.1) is 0 Å². The fourth-order valence-corrected chi connectivity index (χ4v) is 3.76. The number of methoxy groups -OCH3 is 1. The Hall–Kier alpha value is -3.35. The number of aromatic hydroxyl groups is 1. The van der Waals surface area contributed by atoms with Crippen molar-refractivity contribution < 1.29 is 14.6 Å². The number of anilines is 1. The summed E-state index contributed by atoms with van der Waals surface area (Å²) in [7, 11) is 1.37. The van der Waals surface area contributed by atoms with Gasteiger partial charge in [-0.05, 0) is 49.6 Å². The van der Waals surface area contributed by atoms with Gasteiger partial charge in [-0.1, -0.05) is 18.2 Å². The number of hydrogen-bond donors (Lipinski definition) is 2. The lowest BCUT2D eigenvalue weighted by atomic mass is 10.0. The Bertz CT molecular complexity index is 1050. The molecule has 7 nitrogen and oxygen atoms in total. The zero-order valence-corrected chi connectivity index (χ0v) is 16.6. The summed E-state index contributed by atoms with van der Waals surface area (Å²) in [5.74, 6) is 1.44. The number of amides is 1. The van der Waals surface area contributed by atoms with Crippen LogP contribution in [0.5, 0.6) is 5.75 Å². The first-order chi connectivity index (χ1) is 14.0. The number of piperidine rings is 1. The zero-order valence-electron chi connectivity index (χ0n) is 16.6. The highest BCUT2D eigenvalue weighted by atomic mass is 16.5. The van der Waals surface area contributed by atoms with Crippen molar-refractivity contribution in [1.29, 1.82) is 0 Å². The molecule has 1 aromatic heterocycles. The van der Waals surface area contributed by atoms with E-state index in [9.17, 15) is 9.90 Å². The first-order valence-corrected chi connectivity index (χ1v) is 9.71. The van der Waals surface area contributed by atoms with Crippen LogP contribution < -0.4 is 10.2 Å². The minimum Gasteiger partial charge on any atom is -0.507 e. The predicted molar refractivity (Wildman–Crippen MR) is 112 cm³/mol. The molecule has 7 heteroatoms. The van der Waals surface area contributed by atoms with Gasteiger partial charge < -0.3 is 20.1 Å². The third-order valence-corrected chi connectivity index (χ3v) is 5.21. The third-order valence-electron chi connectivity index (χ3n) is 5.21. The van der Waals surface area contributed by atoms with E-state index in [1.165, 1.54) is 7.11 Å². The molecule has 0 aliphatic carbocycles. The van der Waals surface area contributed by atoms with Crippen molar-refractivity contribution in [2.75, 3.05) is 25.1 Å². The SMILES string of the molecule is COC(=O)N[C@H]1CCCN(c2nc(-c3ccccc3O)nc3cc(C)ccc23)C1. The number of ether oxygens (including phenoxy) is 1. The van der Waals surface area contributed by atoms with Crippen molar-refractivity contribution in [3.63, 3.8) is 0 Å². The zero-order chi connectivity index (χ0) is 20.4. The number of carbonyl (C=O) groups excluding carboxylic acids is 1. The molecule has 1 atom stereocenters. The van der Waals surface area contributed by atoms with Crippen LogP contribution in [-0.4, -0.2) is 47.4 Å². The summed E-state index contributed by atoms with van der Waals surface area (Å²) in [5, 5.41) is 14.2. The maximum absolute atomic E-state index is 11.6. The maximum atomic E-state index is 11.6. The van der Waals surface area contributed by atoms with Crippen LogP contribution in [0.15, 0.2) is 42.5 Å². The Morgan fingerprint density at radius 2 is 2.07 bits per heavy atom. The number of aryl methyl sites for hydroxylation is 1. The van der Waals surface area contributed by atoms with Crippen molar-refractivity contribution in [2.45, 2.75) is 25.8 Å². The van der Waals surface area contributed by atoms with Crippen LogP contribution in [0.3, 0.4) is 0 Å². The summed E-state index contributed by atoms with van der Waals surface area (Å²) in [6, 6.07) is 13.2. The lowest BCUT2D eigenvalue weighted by Crippen LogP contribution is -2.48. The average Bonchev–Trinajstić information content (AvgIpc) is 2.73. The van der Waals surface area contributed by atoms with Gasteiger partial charge in [0.05, 0.1) is 18.2 Å². The van der Waals surface area contributed by atoms with Crippen molar-refractivity contribution >= 4 is 22.8 Å². The van der Waals surface area contributed by atoms with Gasteiger partial charge in [0, 0.05) is 24.5 Å². The van der Waals surface area contributed by atoms with Crippen LogP contribution in [0, 0.1) is 6.92 Å². The number of hydrogen-bond acceptors (Lipinski definition) is 6. The van der Waals surface area contributed by atoms with Crippen LogP contribution in [-0.2, 0) is 4.74 Å². The van der Waals surface area contributed by atoms with Gasteiger partial charge in [0.2, 0.25) is 0 Å². The van der Waals surface area contributed by atoms with E-state index in [1.54, 1.807) is 12.1 Å². The smallest absolute Gasteiger partial charge is 0.407 e. The molecule has 2 aromatic carbocycles. The lowest BCUT2D eigenvalue weighted by Gasteiger charge is -2.34. The van der Waals surface area contributed by atoms with Gasteiger partial charge in [0.15, 0.2) is 5.82 Å². The van der Waals surface area contributed by atoms with Gasteiger partial charge in [-0.25, -0.2) is 14.8 Å². The lowest BCUT2D eigenvalue weighted by molar-refractivity contribution is 0.165. The summed E-state index contributed by atoms with van der Waals surface area (Å²) < 4.78 is 4.75. The Labute approximate surface area is 169 Å². The van der Waals surface area contributed by atoms with Gasteiger partial charge in [0.25, 0.3) is 0 Å². The van der Waals surface area contributed by atoms with E-state index in [-0.39, 0.29) is 11.8 Å². The normalized spacial score (nSPS) is 16.6. The largest absolute Gasteiger partial charge is 0.507 e. The predicted octanol–water partition coefficient (Wildman–Crippen LogP) is 3.64. The number of fused-ring (bicyclic) bond motifs is 1. The number of nitrogens with zero attached hydrogens (tertiary/aromatic N) is 3. The van der Waals surface area contributed by atoms with Crippen molar-refractivity contribution in [3.8, 4) is 17.1 Å². The minimum atomic E-state index is -0.421. The summed E-state index contributed by atoms with van der Waals surface area (Å²) in [6.07, 6.45) is 1.40. The fraction of sp³-hybridized carbons (Fsp3) is 0.318. The molecule has 4 rings (SSSR count). The second-order valence-corrected chi connectivity index (χ2v) is 7.33.